The SMILES string of the molecule is COCCCN(CC1(O)CCC2c3ccc(cc3C(=O)c3cc4ccccc4s3)CC(O)CCC(C)=CCCC21C)C(=O)NC(C)c1ccccc1. The summed E-state index contributed by atoms with van der Waals surface area (Å²) < 4.78 is 6.43. The lowest BCUT2D eigenvalue weighted by molar-refractivity contribution is -0.0775. The Morgan fingerprint density at radius 2 is 1.81 bits per heavy atom. The predicted molar refractivity (Wildman–Crippen MR) is 210 cm³/mol. The molecule has 2 bridgehead atoms. The number of urea groups is 1. The van der Waals surface area contributed by atoms with E-state index in [1.54, 1.807) is 12.0 Å². The maximum atomic E-state index is 14.6. The third-order valence-corrected chi connectivity index (χ3v) is 12.8. The summed E-state index contributed by atoms with van der Waals surface area (Å²) in [5.74, 6) is -0.155. The van der Waals surface area contributed by atoms with Gasteiger partial charge in [0.1, 0.15) is 0 Å². The zero-order valence-electron chi connectivity index (χ0n) is 31.1. The van der Waals surface area contributed by atoms with Gasteiger partial charge in [-0.15, -0.1) is 11.3 Å². The quantitative estimate of drug-likeness (QED) is 0.0863. The Labute approximate surface area is 312 Å². The molecular weight excluding hydrogens is 669 g/mol. The van der Waals surface area contributed by atoms with Gasteiger partial charge in [0.05, 0.1) is 29.2 Å². The van der Waals surface area contributed by atoms with Gasteiger partial charge in [0.15, 0.2) is 0 Å². The van der Waals surface area contributed by atoms with Crippen LogP contribution >= 0.6 is 11.3 Å². The van der Waals surface area contributed by atoms with Gasteiger partial charge < -0.3 is 25.2 Å². The molecule has 3 aromatic carbocycles. The van der Waals surface area contributed by atoms with E-state index in [1.165, 1.54) is 16.9 Å². The van der Waals surface area contributed by atoms with Crippen molar-refractivity contribution in [2.24, 2.45) is 5.41 Å². The van der Waals surface area contributed by atoms with Gasteiger partial charge in [-0.3, -0.25) is 4.79 Å². The van der Waals surface area contributed by atoms with Crippen molar-refractivity contribution in [3.05, 3.63) is 118 Å². The first-order valence-electron chi connectivity index (χ1n) is 18.8. The fourth-order valence-corrected chi connectivity index (χ4v) is 9.51. The molecule has 1 saturated carbocycles. The number of nitrogens with one attached hydrogen (secondary N) is 1. The third kappa shape index (κ3) is 8.21. The maximum Gasteiger partial charge on any atom is 0.317 e. The molecule has 1 fully saturated rings. The molecule has 52 heavy (non-hydrogen) atoms. The molecule has 3 N–H and O–H groups in total. The topological polar surface area (TPSA) is 99.1 Å². The van der Waals surface area contributed by atoms with Gasteiger partial charge in [-0.25, -0.2) is 4.79 Å². The summed E-state index contributed by atoms with van der Waals surface area (Å²) >= 11 is 1.51. The van der Waals surface area contributed by atoms with Crippen LogP contribution in [-0.2, 0) is 11.2 Å². The molecule has 7 nitrogen and oxygen atoms in total. The Morgan fingerprint density at radius 3 is 2.58 bits per heavy atom. The molecule has 5 unspecified atom stereocenters. The van der Waals surface area contributed by atoms with Gasteiger partial charge in [0.25, 0.3) is 0 Å². The molecule has 1 aromatic heterocycles. The van der Waals surface area contributed by atoms with Gasteiger partial charge in [-0.1, -0.05) is 79.2 Å². The Bertz CT molecular complexity index is 1850. The van der Waals surface area contributed by atoms with Crippen molar-refractivity contribution in [2.75, 3.05) is 26.8 Å². The number of nitrogens with zero attached hydrogens (tertiary/aromatic N) is 1. The Morgan fingerprint density at radius 1 is 1.04 bits per heavy atom. The Hall–Kier alpha value is -3.82. The number of methoxy groups -OCH3 is 1. The summed E-state index contributed by atoms with van der Waals surface area (Å²) in [5.41, 5.74) is 2.88. The number of hydrogen-bond acceptors (Lipinski definition) is 6. The summed E-state index contributed by atoms with van der Waals surface area (Å²) in [6, 6.07) is 25.7. The van der Waals surface area contributed by atoms with Gasteiger partial charge >= 0.3 is 6.03 Å². The minimum atomic E-state index is -1.22. The first-order valence-corrected chi connectivity index (χ1v) is 19.6. The molecule has 8 heteroatoms. The van der Waals surface area contributed by atoms with Crippen LogP contribution in [0.5, 0.6) is 0 Å². The monoisotopic (exact) mass is 722 g/mol. The zero-order valence-corrected chi connectivity index (χ0v) is 31.9. The fourth-order valence-electron chi connectivity index (χ4n) is 8.49. The van der Waals surface area contributed by atoms with E-state index in [0.717, 1.165) is 39.6 Å². The highest BCUT2D eigenvalue weighted by Crippen LogP contribution is 2.59. The lowest BCUT2D eigenvalue weighted by atomic mass is 9.64. The number of allylic oxidation sites excluding steroid dienone is 2. The minimum absolute atomic E-state index is 0.0244. The molecule has 3 aliphatic rings. The van der Waals surface area contributed by atoms with Crippen LogP contribution in [0.4, 0.5) is 4.79 Å². The fraction of sp³-hybridized carbons (Fsp3) is 0.455. The number of benzene rings is 3. The Kier molecular flexibility index (Phi) is 12.0. The highest BCUT2D eigenvalue weighted by atomic mass is 32.1. The normalized spacial score (nSPS) is 24.2. The number of aliphatic hydroxyl groups is 2. The summed E-state index contributed by atoms with van der Waals surface area (Å²) in [7, 11) is 1.66. The lowest BCUT2D eigenvalue weighted by Crippen LogP contribution is -2.55. The van der Waals surface area contributed by atoms with Crippen LogP contribution in [-0.4, -0.2) is 65.4 Å². The van der Waals surface area contributed by atoms with E-state index in [-0.39, 0.29) is 30.3 Å². The second kappa shape index (κ2) is 16.5. The van der Waals surface area contributed by atoms with Crippen LogP contribution in [0.15, 0.2) is 90.5 Å². The number of ether oxygens (including phenoxy) is 1. The number of hydrogen-bond donors (Lipinski definition) is 3. The summed E-state index contributed by atoms with van der Waals surface area (Å²) in [4.78, 5) is 31.1. The van der Waals surface area contributed by atoms with Gasteiger partial charge in [0, 0.05) is 35.9 Å². The standard InChI is InChI=1S/C44H54N2O5S/c1-30-12-10-22-43(3)38(21-23-44(43,50)29-46(24-11-25-51-4)42(49)45-31(2)33-13-6-5-7-14-33)36-20-18-32(26-35(47)19-17-30)27-37(36)41(48)40-28-34-15-8-9-16-39(34)52-40/h5-9,12-16,18,20,27-28,31,35,38,47,50H,10-11,17,19,21-26,29H2,1-4H3,(H,45,49). The van der Waals surface area contributed by atoms with Gasteiger partial charge in [-0.2, -0.15) is 0 Å². The lowest BCUT2D eigenvalue weighted by Gasteiger charge is -2.46. The number of aliphatic hydroxyl groups excluding tert-OH is 1. The number of amides is 2. The molecule has 5 atom stereocenters. The van der Waals surface area contributed by atoms with Gasteiger partial charge in [0.2, 0.25) is 5.78 Å². The van der Waals surface area contributed by atoms with Crippen molar-refractivity contribution in [2.45, 2.75) is 95.8 Å². The van der Waals surface area contributed by atoms with Crippen LogP contribution in [0.3, 0.4) is 0 Å². The number of carbonyl (C=O) groups excluding carboxylic acids is 2. The van der Waals surface area contributed by atoms with E-state index in [4.69, 9.17) is 4.74 Å². The first-order chi connectivity index (χ1) is 25.0. The van der Waals surface area contributed by atoms with Crippen LogP contribution in [0.1, 0.15) is 110 Å². The van der Waals surface area contributed by atoms with Crippen molar-refractivity contribution >= 4 is 33.2 Å². The second-order valence-electron chi connectivity index (χ2n) is 15.3. The van der Waals surface area contributed by atoms with E-state index in [1.807, 2.05) is 73.7 Å². The van der Waals surface area contributed by atoms with E-state index in [2.05, 4.69) is 37.4 Å². The maximum absolute atomic E-state index is 14.6. The van der Waals surface area contributed by atoms with E-state index >= 15 is 0 Å². The van der Waals surface area contributed by atoms with E-state index in [0.29, 0.717) is 62.1 Å². The van der Waals surface area contributed by atoms with Crippen LogP contribution < -0.4 is 5.32 Å². The average Bonchev–Trinajstić information content (AvgIpc) is 3.68. The molecule has 4 aromatic rings. The molecule has 276 valence electrons. The number of rotatable bonds is 10. The molecule has 0 radical (unpaired) electrons. The van der Waals surface area contributed by atoms with Crippen molar-refractivity contribution in [1.29, 1.82) is 0 Å². The molecule has 0 spiro atoms. The predicted octanol–water partition coefficient (Wildman–Crippen LogP) is 8.98. The van der Waals surface area contributed by atoms with Crippen molar-refractivity contribution in [3.8, 4) is 0 Å². The highest BCUT2D eigenvalue weighted by Gasteiger charge is 2.57. The number of carbonyl (C=O) groups is 2. The largest absolute Gasteiger partial charge is 0.393 e. The minimum Gasteiger partial charge on any atom is -0.393 e. The van der Waals surface area contributed by atoms with Crippen LogP contribution in [0, 0.1) is 5.41 Å². The summed E-state index contributed by atoms with van der Waals surface area (Å²) in [5, 5.41) is 28.2. The van der Waals surface area contributed by atoms with Crippen LogP contribution in [0.25, 0.3) is 10.1 Å². The molecule has 7 rings (SSSR count). The molecular formula is C44H54N2O5S. The Balaban J connectivity index is 1.38. The van der Waals surface area contributed by atoms with E-state index in [9.17, 15) is 19.8 Å². The van der Waals surface area contributed by atoms with Crippen molar-refractivity contribution in [3.63, 3.8) is 0 Å². The van der Waals surface area contributed by atoms with Crippen LogP contribution in [0.2, 0.25) is 0 Å². The smallest absolute Gasteiger partial charge is 0.317 e. The molecule has 0 aliphatic heterocycles. The second-order valence-corrected chi connectivity index (χ2v) is 16.4. The highest BCUT2D eigenvalue weighted by molar-refractivity contribution is 7.21. The third-order valence-electron chi connectivity index (χ3n) is 11.7. The number of ketones is 1. The average molecular weight is 723 g/mol. The summed E-state index contributed by atoms with van der Waals surface area (Å²) in [6.07, 6.45) is 6.87. The molecule has 1 heterocycles. The summed E-state index contributed by atoms with van der Waals surface area (Å²) in [6.45, 7) is 7.38. The first kappa shape index (κ1) is 37.9. The molecule has 2 amide bonds. The van der Waals surface area contributed by atoms with E-state index < -0.39 is 17.1 Å². The number of fused-ring (bicyclic) bond motifs is 9. The zero-order chi connectivity index (χ0) is 36.9. The number of thiophene rings is 1. The molecule has 0 saturated heterocycles. The molecule has 3 aliphatic carbocycles. The van der Waals surface area contributed by atoms with Crippen molar-refractivity contribution in [1.82, 2.24) is 10.2 Å². The van der Waals surface area contributed by atoms with Gasteiger partial charge in [-0.05, 0) is 111 Å². The van der Waals surface area contributed by atoms with Crippen molar-refractivity contribution < 1.29 is 24.5 Å².